The van der Waals surface area contributed by atoms with E-state index in [1.807, 2.05) is 0 Å². The fourth-order valence-electron chi connectivity index (χ4n) is 1.80. The van der Waals surface area contributed by atoms with Crippen molar-refractivity contribution in [3.05, 3.63) is 58.1 Å². The first-order valence-electron chi connectivity index (χ1n) is 6.10. The minimum Gasteiger partial charge on any atom is -0.478 e. The van der Waals surface area contributed by atoms with Gasteiger partial charge in [-0.1, -0.05) is 15.9 Å². The van der Waals surface area contributed by atoms with Gasteiger partial charge in [0.05, 0.1) is 16.0 Å². The van der Waals surface area contributed by atoms with E-state index in [0.29, 0.717) is 4.47 Å². The molecular weight excluding hydrogens is 390 g/mol. The molecule has 2 aromatic carbocycles. The summed E-state index contributed by atoms with van der Waals surface area (Å²) in [6, 6.07) is 9.02. The van der Waals surface area contributed by atoms with Crippen molar-refractivity contribution < 1.29 is 28.2 Å². The number of carbonyl (C=O) groups is 2. The van der Waals surface area contributed by atoms with E-state index in [1.54, 1.807) is 12.1 Å². The number of anilines is 1. The summed E-state index contributed by atoms with van der Waals surface area (Å²) in [7, 11) is -3.92. The maximum atomic E-state index is 12.2. The SMILES string of the molecule is O=C(O)c1ccc(NS(=O)(=O)c2ccc(Br)cc2)cc1C(=O)O. The van der Waals surface area contributed by atoms with Gasteiger partial charge in [0.2, 0.25) is 0 Å². The van der Waals surface area contributed by atoms with Crippen molar-refractivity contribution >= 4 is 43.6 Å². The Labute approximate surface area is 139 Å². The summed E-state index contributed by atoms with van der Waals surface area (Å²) in [5, 5.41) is 18.0. The van der Waals surface area contributed by atoms with Crippen LogP contribution in [0.4, 0.5) is 5.69 Å². The molecule has 0 bridgehead atoms. The highest BCUT2D eigenvalue weighted by Gasteiger charge is 2.19. The maximum absolute atomic E-state index is 12.2. The van der Waals surface area contributed by atoms with Gasteiger partial charge in [-0.25, -0.2) is 18.0 Å². The summed E-state index contributed by atoms with van der Waals surface area (Å²) in [6.07, 6.45) is 0. The molecule has 3 N–H and O–H groups in total. The number of carboxylic acid groups (broad SMARTS) is 2. The molecule has 120 valence electrons. The summed E-state index contributed by atoms with van der Waals surface area (Å²) in [6.45, 7) is 0. The zero-order valence-electron chi connectivity index (χ0n) is 11.4. The molecule has 9 heteroatoms. The lowest BCUT2D eigenvalue weighted by Gasteiger charge is -2.10. The molecule has 0 fully saturated rings. The number of carboxylic acids is 2. The van der Waals surface area contributed by atoms with Crippen molar-refractivity contribution in [3.8, 4) is 0 Å². The number of nitrogens with one attached hydrogen (secondary N) is 1. The number of rotatable bonds is 5. The van der Waals surface area contributed by atoms with Crippen molar-refractivity contribution in [1.82, 2.24) is 0 Å². The van der Waals surface area contributed by atoms with Gasteiger partial charge in [0, 0.05) is 10.2 Å². The van der Waals surface area contributed by atoms with E-state index in [4.69, 9.17) is 10.2 Å². The van der Waals surface area contributed by atoms with Gasteiger partial charge in [-0.2, -0.15) is 0 Å². The molecule has 0 heterocycles. The quantitative estimate of drug-likeness (QED) is 0.710. The molecule has 0 aliphatic heterocycles. The average molecular weight is 400 g/mol. The van der Waals surface area contributed by atoms with Crippen molar-refractivity contribution in [3.63, 3.8) is 0 Å². The summed E-state index contributed by atoms with van der Waals surface area (Å²) in [4.78, 5) is 22.1. The van der Waals surface area contributed by atoms with Gasteiger partial charge >= 0.3 is 11.9 Å². The van der Waals surface area contributed by atoms with E-state index < -0.39 is 33.1 Å². The molecule has 23 heavy (non-hydrogen) atoms. The summed E-state index contributed by atoms with van der Waals surface area (Å²) >= 11 is 3.19. The number of halogens is 1. The highest BCUT2D eigenvalue weighted by molar-refractivity contribution is 9.10. The van der Waals surface area contributed by atoms with Crippen LogP contribution in [0, 0.1) is 0 Å². The Morgan fingerprint density at radius 3 is 2.00 bits per heavy atom. The number of hydrogen-bond donors (Lipinski definition) is 3. The Hall–Kier alpha value is -2.39. The van der Waals surface area contributed by atoms with Gasteiger partial charge in [-0.3, -0.25) is 4.72 Å². The Bertz CT molecular complexity index is 877. The summed E-state index contributed by atoms with van der Waals surface area (Å²) < 4.78 is 27.4. The minimum absolute atomic E-state index is 0.0140. The predicted molar refractivity (Wildman–Crippen MR) is 85.3 cm³/mol. The molecule has 0 spiro atoms. The normalized spacial score (nSPS) is 11.0. The molecule has 2 rings (SSSR count). The van der Waals surface area contributed by atoms with E-state index in [9.17, 15) is 18.0 Å². The minimum atomic E-state index is -3.92. The van der Waals surface area contributed by atoms with Crippen LogP contribution in [0.3, 0.4) is 0 Å². The lowest BCUT2D eigenvalue weighted by Crippen LogP contribution is -2.14. The lowest BCUT2D eigenvalue weighted by atomic mass is 10.1. The molecule has 0 saturated heterocycles. The van der Waals surface area contributed by atoms with Gasteiger partial charge in [-0.15, -0.1) is 0 Å². The zero-order chi connectivity index (χ0) is 17.2. The first-order chi connectivity index (χ1) is 10.7. The zero-order valence-corrected chi connectivity index (χ0v) is 13.8. The van der Waals surface area contributed by atoms with Crippen molar-refractivity contribution in [2.75, 3.05) is 4.72 Å². The molecule has 0 aliphatic carbocycles. The van der Waals surface area contributed by atoms with Gasteiger partial charge in [0.25, 0.3) is 10.0 Å². The monoisotopic (exact) mass is 399 g/mol. The molecule has 0 radical (unpaired) electrons. The second-order valence-electron chi connectivity index (χ2n) is 4.43. The molecule has 0 unspecified atom stereocenters. The van der Waals surface area contributed by atoms with Crippen LogP contribution in [0.5, 0.6) is 0 Å². The highest BCUT2D eigenvalue weighted by atomic mass is 79.9. The Balaban J connectivity index is 2.40. The molecule has 0 aliphatic rings. The fourth-order valence-corrected chi connectivity index (χ4v) is 3.11. The first kappa shape index (κ1) is 17.0. The van der Waals surface area contributed by atoms with E-state index in [0.717, 1.165) is 12.1 Å². The van der Waals surface area contributed by atoms with Crippen LogP contribution in [0.1, 0.15) is 20.7 Å². The van der Waals surface area contributed by atoms with E-state index in [1.165, 1.54) is 18.2 Å². The number of hydrogen-bond acceptors (Lipinski definition) is 4. The highest BCUT2D eigenvalue weighted by Crippen LogP contribution is 2.21. The molecule has 0 saturated carbocycles. The van der Waals surface area contributed by atoms with E-state index in [2.05, 4.69) is 20.7 Å². The van der Waals surface area contributed by atoms with Crippen LogP contribution in [0.2, 0.25) is 0 Å². The fraction of sp³-hybridized carbons (Fsp3) is 0. The Morgan fingerprint density at radius 1 is 0.913 bits per heavy atom. The van der Waals surface area contributed by atoms with Crippen LogP contribution >= 0.6 is 15.9 Å². The third kappa shape index (κ3) is 3.88. The number of benzene rings is 2. The lowest BCUT2D eigenvalue weighted by molar-refractivity contribution is 0.0651. The first-order valence-corrected chi connectivity index (χ1v) is 8.37. The van der Waals surface area contributed by atoms with Gasteiger partial charge in [-0.05, 0) is 42.5 Å². The average Bonchev–Trinajstić information content (AvgIpc) is 2.46. The molecule has 0 aromatic heterocycles. The van der Waals surface area contributed by atoms with Crippen molar-refractivity contribution in [2.45, 2.75) is 4.90 Å². The van der Waals surface area contributed by atoms with Gasteiger partial charge in [0.15, 0.2) is 0 Å². The van der Waals surface area contributed by atoms with E-state index >= 15 is 0 Å². The van der Waals surface area contributed by atoms with Crippen molar-refractivity contribution in [2.24, 2.45) is 0 Å². The van der Waals surface area contributed by atoms with Crippen LogP contribution in [0.15, 0.2) is 51.8 Å². The summed E-state index contributed by atoms with van der Waals surface area (Å²) in [5.41, 5.74) is -0.979. The molecule has 0 amide bonds. The Kier molecular flexibility index (Phi) is 4.71. The second-order valence-corrected chi connectivity index (χ2v) is 7.03. The second kappa shape index (κ2) is 6.39. The molecular formula is C14H10BrNO6S. The van der Waals surface area contributed by atoms with Crippen LogP contribution < -0.4 is 4.72 Å². The predicted octanol–water partition coefficient (Wildman–Crippen LogP) is 2.65. The van der Waals surface area contributed by atoms with Gasteiger partial charge < -0.3 is 10.2 Å². The van der Waals surface area contributed by atoms with Crippen LogP contribution in [-0.4, -0.2) is 30.6 Å². The molecule has 7 nitrogen and oxygen atoms in total. The standard InChI is InChI=1S/C14H10BrNO6S/c15-8-1-4-10(5-2-8)23(21,22)16-9-3-6-11(13(17)18)12(7-9)14(19)20/h1-7,16H,(H,17,18)(H,19,20). The van der Waals surface area contributed by atoms with Crippen molar-refractivity contribution in [1.29, 1.82) is 0 Å². The maximum Gasteiger partial charge on any atom is 0.336 e. The smallest absolute Gasteiger partial charge is 0.336 e. The largest absolute Gasteiger partial charge is 0.478 e. The third-order valence-electron chi connectivity index (χ3n) is 2.86. The summed E-state index contributed by atoms with van der Waals surface area (Å²) in [5.74, 6) is -2.88. The molecule has 0 atom stereocenters. The number of sulfonamides is 1. The van der Waals surface area contributed by atoms with Crippen LogP contribution in [0.25, 0.3) is 0 Å². The van der Waals surface area contributed by atoms with Gasteiger partial charge in [0.1, 0.15) is 0 Å². The number of aromatic carboxylic acids is 2. The molecule has 2 aromatic rings. The third-order valence-corrected chi connectivity index (χ3v) is 4.78. The topological polar surface area (TPSA) is 121 Å². The Morgan fingerprint density at radius 2 is 1.48 bits per heavy atom. The van der Waals surface area contributed by atoms with E-state index in [-0.39, 0.29) is 10.6 Å². The van der Waals surface area contributed by atoms with Crippen LogP contribution in [-0.2, 0) is 10.0 Å².